The lowest BCUT2D eigenvalue weighted by molar-refractivity contribution is 0.0854. The van der Waals surface area contributed by atoms with Gasteiger partial charge in [-0.25, -0.2) is 0 Å². The summed E-state index contributed by atoms with van der Waals surface area (Å²) in [5, 5.41) is 0. The normalized spacial score (nSPS) is 36.9. The molecule has 3 atom stereocenters. The van der Waals surface area contributed by atoms with Gasteiger partial charge in [0.1, 0.15) is 0 Å². The average Bonchev–Trinajstić information content (AvgIpc) is 2.81. The van der Waals surface area contributed by atoms with Gasteiger partial charge in [0, 0.05) is 22.8 Å². The van der Waals surface area contributed by atoms with Crippen molar-refractivity contribution in [2.24, 2.45) is 5.73 Å². The van der Waals surface area contributed by atoms with Gasteiger partial charge in [-0.15, -0.1) is 0 Å². The molecule has 0 amide bonds. The van der Waals surface area contributed by atoms with Crippen molar-refractivity contribution >= 4 is 15.9 Å². The average molecular weight is 283 g/mol. The smallest absolute Gasteiger partial charge is 0.0764 e. The van der Waals surface area contributed by atoms with Crippen LogP contribution in [0.25, 0.3) is 0 Å². The van der Waals surface area contributed by atoms with Crippen LogP contribution in [0, 0.1) is 0 Å². The predicted octanol–water partition coefficient (Wildman–Crippen LogP) is 2.04. The summed E-state index contributed by atoms with van der Waals surface area (Å²) in [5.74, 6) is 0. The third-order valence-corrected chi connectivity index (χ3v) is 4.12. The molecule has 0 spiro atoms. The van der Waals surface area contributed by atoms with Crippen LogP contribution in [0.3, 0.4) is 0 Å². The highest BCUT2D eigenvalue weighted by molar-refractivity contribution is 9.10. The lowest BCUT2D eigenvalue weighted by Gasteiger charge is -2.30. The zero-order valence-electron chi connectivity index (χ0n) is 9.03. The molecular weight excluding hydrogens is 268 g/mol. The van der Waals surface area contributed by atoms with Gasteiger partial charge >= 0.3 is 0 Å². The second-order valence-corrected chi connectivity index (χ2v) is 5.82. The molecule has 1 aromatic heterocycles. The van der Waals surface area contributed by atoms with Crippen molar-refractivity contribution in [1.29, 1.82) is 0 Å². The van der Waals surface area contributed by atoms with Gasteiger partial charge in [0.05, 0.1) is 17.7 Å². The number of halogens is 1. The minimum atomic E-state index is -0.191. The van der Waals surface area contributed by atoms with Gasteiger partial charge in [-0.3, -0.25) is 4.98 Å². The predicted molar refractivity (Wildman–Crippen MR) is 65.1 cm³/mol. The molecule has 0 aliphatic carbocycles. The zero-order chi connectivity index (χ0) is 11.2. The van der Waals surface area contributed by atoms with Crippen molar-refractivity contribution in [3.63, 3.8) is 0 Å². The number of nitrogens with two attached hydrogens (primary N) is 1. The first-order valence-corrected chi connectivity index (χ1v) is 6.50. The Bertz CT molecular complexity index is 395. The molecular formula is C12H15BrN2O. The maximum Gasteiger partial charge on any atom is 0.0764 e. The quantitative estimate of drug-likeness (QED) is 0.903. The number of rotatable bonds is 2. The Hall–Kier alpha value is -0.450. The summed E-state index contributed by atoms with van der Waals surface area (Å²) in [7, 11) is 0. The van der Waals surface area contributed by atoms with E-state index in [1.807, 2.05) is 18.3 Å². The molecule has 3 unspecified atom stereocenters. The molecule has 0 aromatic carbocycles. The monoisotopic (exact) mass is 282 g/mol. The summed E-state index contributed by atoms with van der Waals surface area (Å²) in [6, 6.07) is 4.05. The highest BCUT2D eigenvalue weighted by Crippen LogP contribution is 2.41. The zero-order valence-corrected chi connectivity index (χ0v) is 10.6. The van der Waals surface area contributed by atoms with Crippen molar-refractivity contribution in [1.82, 2.24) is 4.98 Å². The maximum absolute atomic E-state index is 6.44. The molecule has 2 aliphatic heterocycles. The lowest BCUT2D eigenvalue weighted by atomic mass is 9.79. The number of hydrogen-bond donors (Lipinski definition) is 1. The fourth-order valence-corrected chi connectivity index (χ4v) is 3.10. The van der Waals surface area contributed by atoms with Crippen LogP contribution >= 0.6 is 15.9 Å². The molecule has 2 bridgehead atoms. The van der Waals surface area contributed by atoms with E-state index in [1.54, 1.807) is 0 Å². The van der Waals surface area contributed by atoms with E-state index in [0.717, 1.165) is 29.4 Å². The lowest BCUT2D eigenvalue weighted by Crippen LogP contribution is -2.50. The second kappa shape index (κ2) is 3.79. The van der Waals surface area contributed by atoms with E-state index in [1.165, 1.54) is 6.42 Å². The topological polar surface area (TPSA) is 48.1 Å². The van der Waals surface area contributed by atoms with Crippen molar-refractivity contribution < 1.29 is 4.74 Å². The summed E-state index contributed by atoms with van der Waals surface area (Å²) in [4.78, 5) is 4.39. The largest absolute Gasteiger partial charge is 0.373 e. The summed E-state index contributed by atoms with van der Waals surface area (Å²) < 4.78 is 6.83. The van der Waals surface area contributed by atoms with E-state index in [4.69, 9.17) is 10.5 Å². The van der Waals surface area contributed by atoms with E-state index in [2.05, 4.69) is 20.9 Å². The van der Waals surface area contributed by atoms with Gasteiger partial charge in [0.15, 0.2) is 0 Å². The van der Waals surface area contributed by atoms with Crippen molar-refractivity contribution in [3.8, 4) is 0 Å². The van der Waals surface area contributed by atoms with Crippen LogP contribution in [-0.2, 0) is 11.2 Å². The highest BCUT2D eigenvalue weighted by atomic mass is 79.9. The number of aromatic nitrogens is 1. The van der Waals surface area contributed by atoms with Gasteiger partial charge in [-0.2, -0.15) is 0 Å². The Labute approximate surface area is 104 Å². The first-order chi connectivity index (χ1) is 7.66. The van der Waals surface area contributed by atoms with E-state index >= 15 is 0 Å². The molecule has 0 radical (unpaired) electrons. The third-order valence-electron chi connectivity index (χ3n) is 3.66. The van der Waals surface area contributed by atoms with E-state index in [0.29, 0.717) is 6.10 Å². The molecule has 2 saturated heterocycles. The van der Waals surface area contributed by atoms with Gasteiger partial charge in [0.25, 0.3) is 0 Å². The molecule has 86 valence electrons. The molecule has 3 nitrogen and oxygen atoms in total. The van der Waals surface area contributed by atoms with E-state index in [-0.39, 0.29) is 11.6 Å². The van der Waals surface area contributed by atoms with Gasteiger partial charge in [0.2, 0.25) is 0 Å². The van der Waals surface area contributed by atoms with Crippen molar-refractivity contribution in [2.75, 3.05) is 0 Å². The van der Waals surface area contributed by atoms with Crippen LogP contribution in [0.5, 0.6) is 0 Å². The molecule has 2 aliphatic rings. The molecule has 2 N–H and O–H groups in total. The third kappa shape index (κ3) is 1.79. The molecule has 16 heavy (non-hydrogen) atoms. The minimum absolute atomic E-state index is 0.191. The van der Waals surface area contributed by atoms with Gasteiger partial charge in [-0.1, -0.05) is 0 Å². The van der Waals surface area contributed by atoms with E-state index in [9.17, 15) is 0 Å². The number of pyridine rings is 1. The molecule has 0 saturated carbocycles. The molecule has 3 heterocycles. The highest BCUT2D eigenvalue weighted by Gasteiger charge is 2.49. The molecule has 2 fully saturated rings. The van der Waals surface area contributed by atoms with Crippen LogP contribution in [0.2, 0.25) is 0 Å². The van der Waals surface area contributed by atoms with Crippen molar-refractivity contribution in [2.45, 2.75) is 43.4 Å². The molecule has 3 rings (SSSR count). The fraction of sp³-hybridized carbons (Fsp3) is 0.583. The molecule has 1 aromatic rings. The van der Waals surface area contributed by atoms with Gasteiger partial charge in [-0.05, 0) is 47.3 Å². The standard InChI is InChI=1S/C12H15BrN2O/c13-8-1-2-9(15-7-8)5-12(14)6-10-3-4-11(12)16-10/h1-2,7,10-11H,3-6,14H2. The van der Waals surface area contributed by atoms with Crippen LogP contribution in [-0.4, -0.2) is 22.7 Å². The van der Waals surface area contributed by atoms with E-state index < -0.39 is 0 Å². The fourth-order valence-electron chi connectivity index (χ4n) is 2.87. The summed E-state index contributed by atoms with van der Waals surface area (Å²) in [5.41, 5.74) is 7.30. The Morgan fingerprint density at radius 2 is 2.38 bits per heavy atom. The summed E-state index contributed by atoms with van der Waals surface area (Å²) in [6.45, 7) is 0. The number of ether oxygens (including phenoxy) is 1. The second-order valence-electron chi connectivity index (χ2n) is 4.91. The summed E-state index contributed by atoms with van der Waals surface area (Å²) in [6.07, 6.45) is 6.55. The number of hydrogen-bond acceptors (Lipinski definition) is 3. The Morgan fingerprint density at radius 1 is 1.50 bits per heavy atom. The van der Waals surface area contributed by atoms with Crippen molar-refractivity contribution in [3.05, 3.63) is 28.5 Å². The first kappa shape index (κ1) is 10.7. The Morgan fingerprint density at radius 3 is 2.94 bits per heavy atom. The Kier molecular flexibility index (Phi) is 2.53. The number of fused-ring (bicyclic) bond motifs is 2. The SMILES string of the molecule is NC1(Cc2ccc(Br)cn2)CC2CCC1O2. The first-order valence-electron chi connectivity index (χ1n) is 5.70. The van der Waals surface area contributed by atoms with Crippen LogP contribution in [0.1, 0.15) is 25.0 Å². The van der Waals surface area contributed by atoms with Gasteiger partial charge < -0.3 is 10.5 Å². The minimum Gasteiger partial charge on any atom is -0.373 e. The Balaban J connectivity index is 1.77. The van der Waals surface area contributed by atoms with Crippen LogP contribution in [0.4, 0.5) is 0 Å². The molecule has 4 heteroatoms. The van der Waals surface area contributed by atoms with Crippen LogP contribution in [0.15, 0.2) is 22.8 Å². The maximum atomic E-state index is 6.44. The number of nitrogens with zero attached hydrogens (tertiary/aromatic N) is 1. The van der Waals surface area contributed by atoms with Crippen LogP contribution < -0.4 is 5.73 Å². The summed E-state index contributed by atoms with van der Waals surface area (Å²) >= 11 is 3.39.